The quantitative estimate of drug-likeness (QED) is 0.596. The summed E-state index contributed by atoms with van der Waals surface area (Å²) in [6.45, 7) is 6.01. The summed E-state index contributed by atoms with van der Waals surface area (Å²) in [6, 6.07) is 21.7. The standard InChI is InChI=1S/C26H27NO2/c1-18-15-26(2,3)16-24(29)25(18)23(28)14-21(19-10-6-4-7-11-19)22(17-27)20-12-8-5-9-13-20/h4-13,21-22H,14-16H2,1-3H3/t21-,22-/m1/s1. The topological polar surface area (TPSA) is 57.9 Å². The number of benzene rings is 2. The van der Waals surface area contributed by atoms with Gasteiger partial charge in [-0.25, -0.2) is 0 Å². The molecule has 3 rings (SSSR count). The summed E-state index contributed by atoms with van der Waals surface area (Å²) in [5, 5.41) is 9.97. The first kappa shape index (κ1) is 20.7. The van der Waals surface area contributed by atoms with Crippen LogP contribution in [0, 0.1) is 16.7 Å². The van der Waals surface area contributed by atoms with Crippen molar-refractivity contribution >= 4 is 11.6 Å². The van der Waals surface area contributed by atoms with Crippen LogP contribution in [0.3, 0.4) is 0 Å². The Balaban J connectivity index is 1.97. The van der Waals surface area contributed by atoms with E-state index < -0.39 is 5.92 Å². The van der Waals surface area contributed by atoms with Gasteiger partial charge < -0.3 is 0 Å². The smallest absolute Gasteiger partial charge is 0.167 e. The van der Waals surface area contributed by atoms with Crippen LogP contribution in [-0.4, -0.2) is 11.6 Å². The maximum absolute atomic E-state index is 13.3. The van der Waals surface area contributed by atoms with Crippen LogP contribution >= 0.6 is 0 Å². The van der Waals surface area contributed by atoms with E-state index in [1.165, 1.54) is 0 Å². The SMILES string of the molecule is CC1=C(C(=O)C[C@H](c2ccccc2)[C@H](C#N)c2ccccc2)C(=O)CC(C)(C)C1. The van der Waals surface area contributed by atoms with E-state index in [9.17, 15) is 14.9 Å². The largest absolute Gasteiger partial charge is 0.294 e. The highest BCUT2D eigenvalue weighted by Gasteiger charge is 2.36. The maximum Gasteiger partial charge on any atom is 0.167 e. The molecule has 0 fully saturated rings. The molecule has 0 N–H and O–H groups in total. The van der Waals surface area contributed by atoms with Crippen molar-refractivity contribution < 1.29 is 9.59 Å². The Morgan fingerprint density at radius 3 is 2.07 bits per heavy atom. The zero-order valence-electron chi connectivity index (χ0n) is 17.3. The summed E-state index contributed by atoms with van der Waals surface area (Å²) in [6.07, 6.45) is 1.29. The lowest BCUT2D eigenvalue weighted by Gasteiger charge is -2.31. The molecule has 0 saturated carbocycles. The van der Waals surface area contributed by atoms with Crippen molar-refractivity contribution in [3.63, 3.8) is 0 Å². The first-order valence-electron chi connectivity index (χ1n) is 10.1. The monoisotopic (exact) mass is 385 g/mol. The molecule has 0 radical (unpaired) electrons. The number of nitriles is 1. The number of hydrogen-bond acceptors (Lipinski definition) is 3. The lowest BCUT2D eigenvalue weighted by Crippen LogP contribution is -2.29. The van der Waals surface area contributed by atoms with Crippen LogP contribution in [0.5, 0.6) is 0 Å². The molecule has 0 aliphatic heterocycles. The third-order valence-electron chi connectivity index (χ3n) is 5.70. The Labute approximate surface area is 173 Å². The molecule has 0 amide bonds. The average molecular weight is 386 g/mol. The lowest BCUT2D eigenvalue weighted by atomic mass is 9.71. The zero-order chi connectivity index (χ0) is 21.0. The van der Waals surface area contributed by atoms with Crippen LogP contribution in [0.1, 0.15) is 63.0 Å². The molecule has 0 heterocycles. The number of nitrogens with zero attached hydrogens (tertiary/aromatic N) is 1. The van der Waals surface area contributed by atoms with Crippen LogP contribution in [0.4, 0.5) is 0 Å². The number of Topliss-reactive ketones (excluding diaryl/α,β-unsaturated/α-hetero) is 2. The first-order chi connectivity index (χ1) is 13.8. The van der Waals surface area contributed by atoms with E-state index in [0.717, 1.165) is 23.1 Å². The minimum atomic E-state index is -0.460. The highest BCUT2D eigenvalue weighted by atomic mass is 16.1. The summed E-state index contributed by atoms with van der Waals surface area (Å²) in [4.78, 5) is 26.0. The summed E-state index contributed by atoms with van der Waals surface area (Å²) in [5.41, 5.74) is 2.95. The number of ketones is 2. The van der Waals surface area contributed by atoms with E-state index in [4.69, 9.17) is 0 Å². The fraction of sp³-hybridized carbons (Fsp3) is 0.346. The molecule has 0 saturated heterocycles. The highest BCUT2D eigenvalue weighted by Crippen LogP contribution is 2.40. The first-order valence-corrected chi connectivity index (χ1v) is 10.1. The van der Waals surface area contributed by atoms with Crippen LogP contribution < -0.4 is 0 Å². The number of allylic oxidation sites excluding steroid dienone is 2. The predicted octanol–water partition coefficient (Wildman–Crippen LogP) is 5.74. The Kier molecular flexibility index (Phi) is 6.13. The molecule has 0 spiro atoms. The van der Waals surface area contributed by atoms with Gasteiger partial charge in [0.15, 0.2) is 11.6 Å². The number of rotatable bonds is 6. The fourth-order valence-corrected chi connectivity index (χ4v) is 4.51. The van der Waals surface area contributed by atoms with Crippen molar-refractivity contribution in [3.8, 4) is 6.07 Å². The van der Waals surface area contributed by atoms with Crippen molar-refractivity contribution in [2.75, 3.05) is 0 Å². The molecule has 2 atom stereocenters. The van der Waals surface area contributed by atoms with Crippen molar-refractivity contribution in [2.24, 2.45) is 5.41 Å². The zero-order valence-corrected chi connectivity index (χ0v) is 17.3. The third-order valence-corrected chi connectivity index (χ3v) is 5.70. The molecule has 3 heteroatoms. The summed E-state index contributed by atoms with van der Waals surface area (Å²) in [7, 11) is 0. The third kappa shape index (κ3) is 4.71. The van der Waals surface area contributed by atoms with Gasteiger partial charge in [0, 0.05) is 18.8 Å². The van der Waals surface area contributed by atoms with Crippen LogP contribution in [0.2, 0.25) is 0 Å². The van der Waals surface area contributed by atoms with Crippen molar-refractivity contribution in [3.05, 3.63) is 82.9 Å². The van der Waals surface area contributed by atoms with Gasteiger partial charge in [0.25, 0.3) is 0 Å². The molecule has 0 aromatic heterocycles. The second-order valence-corrected chi connectivity index (χ2v) is 8.76. The molecule has 29 heavy (non-hydrogen) atoms. The summed E-state index contributed by atoms with van der Waals surface area (Å²) in [5.74, 6) is -0.977. The highest BCUT2D eigenvalue weighted by molar-refractivity contribution is 6.21. The predicted molar refractivity (Wildman–Crippen MR) is 114 cm³/mol. The van der Waals surface area contributed by atoms with E-state index in [1.54, 1.807) is 0 Å². The molecule has 148 valence electrons. The molecule has 0 unspecified atom stereocenters. The van der Waals surface area contributed by atoms with E-state index in [-0.39, 0.29) is 29.3 Å². The van der Waals surface area contributed by atoms with Gasteiger partial charge in [-0.15, -0.1) is 0 Å². The Bertz CT molecular complexity index is 965. The van der Waals surface area contributed by atoms with E-state index in [1.807, 2.05) is 67.6 Å². The van der Waals surface area contributed by atoms with Gasteiger partial charge in [-0.1, -0.05) is 80.1 Å². The van der Waals surface area contributed by atoms with Gasteiger partial charge >= 0.3 is 0 Å². The van der Waals surface area contributed by atoms with Crippen LogP contribution in [0.25, 0.3) is 0 Å². The van der Waals surface area contributed by atoms with Gasteiger partial charge in [0.05, 0.1) is 17.6 Å². The molecule has 0 bridgehead atoms. The van der Waals surface area contributed by atoms with Gasteiger partial charge in [-0.05, 0) is 29.9 Å². The molecule has 3 nitrogen and oxygen atoms in total. The maximum atomic E-state index is 13.3. The Hall–Kier alpha value is -2.99. The van der Waals surface area contributed by atoms with Crippen LogP contribution in [0.15, 0.2) is 71.8 Å². The normalized spacial score (nSPS) is 18.1. The minimum absolute atomic E-state index is 0.0659. The average Bonchev–Trinajstić information content (AvgIpc) is 2.67. The van der Waals surface area contributed by atoms with Gasteiger partial charge in [0.2, 0.25) is 0 Å². The van der Waals surface area contributed by atoms with Crippen molar-refractivity contribution in [1.82, 2.24) is 0 Å². The number of carbonyl (C=O) groups is 2. The van der Waals surface area contributed by atoms with Crippen molar-refractivity contribution in [2.45, 2.75) is 51.9 Å². The van der Waals surface area contributed by atoms with Gasteiger partial charge in [-0.2, -0.15) is 5.26 Å². The Morgan fingerprint density at radius 1 is 1.00 bits per heavy atom. The van der Waals surface area contributed by atoms with E-state index in [0.29, 0.717) is 12.0 Å². The summed E-state index contributed by atoms with van der Waals surface area (Å²) < 4.78 is 0. The van der Waals surface area contributed by atoms with Crippen LogP contribution in [-0.2, 0) is 9.59 Å². The second kappa shape index (κ2) is 8.57. The van der Waals surface area contributed by atoms with E-state index in [2.05, 4.69) is 19.9 Å². The van der Waals surface area contributed by atoms with Crippen molar-refractivity contribution in [1.29, 1.82) is 5.26 Å². The molecule has 1 aliphatic carbocycles. The number of carbonyl (C=O) groups excluding carboxylic acids is 2. The molecular formula is C26H27NO2. The van der Waals surface area contributed by atoms with Gasteiger partial charge in [-0.3, -0.25) is 9.59 Å². The van der Waals surface area contributed by atoms with E-state index >= 15 is 0 Å². The summed E-state index contributed by atoms with van der Waals surface area (Å²) >= 11 is 0. The Morgan fingerprint density at radius 2 is 1.55 bits per heavy atom. The lowest BCUT2D eigenvalue weighted by molar-refractivity contribution is -0.123. The molecule has 2 aromatic carbocycles. The van der Waals surface area contributed by atoms with Gasteiger partial charge in [0.1, 0.15) is 0 Å². The molecule has 1 aliphatic rings. The molecule has 2 aromatic rings. The fourth-order valence-electron chi connectivity index (χ4n) is 4.51. The number of hydrogen-bond donors (Lipinski definition) is 0. The minimum Gasteiger partial charge on any atom is -0.294 e. The molecular weight excluding hydrogens is 358 g/mol. The second-order valence-electron chi connectivity index (χ2n) is 8.76.